The summed E-state index contributed by atoms with van der Waals surface area (Å²) in [5, 5.41) is 2.92. The van der Waals surface area contributed by atoms with Gasteiger partial charge in [0.1, 0.15) is 17.7 Å². The molecule has 2 aromatic rings. The molecule has 1 N–H and O–H groups in total. The number of aromatic nitrogens is 2. The van der Waals surface area contributed by atoms with Crippen LogP contribution < -0.4 is 15.0 Å². The highest BCUT2D eigenvalue weighted by Gasteiger charge is 2.55. The lowest BCUT2D eigenvalue weighted by atomic mass is 9.95. The molecule has 0 atom stereocenters. The third kappa shape index (κ3) is 2.87. The van der Waals surface area contributed by atoms with Crippen molar-refractivity contribution in [3.63, 3.8) is 0 Å². The number of piperidine rings is 1. The van der Waals surface area contributed by atoms with Crippen molar-refractivity contribution < 1.29 is 18.3 Å². The molecule has 1 amide bonds. The summed E-state index contributed by atoms with van der Waals surface area (Å²) in [6.45, 7) is 1.83. The number of amides is 1. The molecule has 5 rings (SSSR count). The Labute approximate surface area is 160 Å². The number of nitrogens with one attached hydrogen (secondary N) is 1. The smallest absolute Gasteiger partial charge is 0.232 e. The van der Waals surface area contributed by atoms with E-state index >= 15 is 0 Å². The zero-order valence-corrected chi connectivity index (χ0v) is 15.3. The number of hydrogen-bond donors (Lipinski definition) is 1. The first-order valence-corrected chi connectivity index (χ1v) is 9.56. The van der Waals surface area contributed by atoms with E-state index in [1.54, 1.807) is 6.20 Å². The van der Waals surface area contributed by atoms with Gasteiger partial charge in [0.25, 0.3) is 0 Å². The van der Waals surface area contributed by atoms with Crippen LogP contribution >= 0.6 is 0 Å². The molecule has 28 heavy (non-hydrogen) atoms. The van der Waals surface area contributed by atoms with Crippen LogP contribution in [-0.4, -0.2) is 35.1 Å². The number of halogens is 2. The van der Waals surface area contributed by atoms with Crippen LogP contribution in [0.5, 0.6) is 5.75 Å². The van der Waals surface area contributed by atoms with Crippen molar-refractivity contribution in [2.75, 3.05) is 18.0 Å². The molecule has 1 saturated heterocycles. The van der Waals surface area contributed by atoms with Gasteiger partial charge in [-0.1, -0.05) is 0 Å². The van der Waals surface area contributed by atoms with Crippen LogP contribution in [0.3, 0.4) is 0 Å². The molecule has 0 unspecified atom stereocenters. The van der Waals surface area contributed by atoms with Crippen molar-refractivity contribution in [2.45, 2.75) is 43.7 Å². The van der Waals surface area contributed by atoms with Gasteiger partial charge in [0.15, 0.2) is 11.6 Å². The minimum atomic E-state index is -0.681. The quantitative estimate of drug-likeness (QED) is 0.878. The summed E-state index contributed by atoms with van der Waals surface area (Å²) in [5.41, 5.74) is 1.23. The second kappa shape index (κ2) is 6.39. The van der Waals surface area contributed by atoms with E-state index < -0.39 is 17.0 Å². The highest BCUT2D eigenvalue weighted by atomic mass is 19.1. The largest absolute Gasteiger partial charge is 0.487 e. The molecule has 146 valence electrons. The van der Waals surface area contributed by atoms with Crippen LogP contribution in [-0.2, 0) is 16.8 Å². The van der Waals surface area contributed by atoms with Gasteiger partial charge in [0, 0.05) is 32.0 Å². The van der Waals surface area contributed by atoms with Gasteiger partial charge in [-0.3, -0.25) is 9.78 Å². The predicted molar refractivity (Wildman–Crippen MR) is 97.0 cm³/mol. The van der Waals surface area contributed by atoms with Crippen molar-refractivity contribution >= 4 is 11.7 Å². The van der Waals surface area contributed by atoms with E-state index in [9.17, 15) is 13.6 Å². The molecule has 1 aromatic heterocycles. The molecule has 1 aliphatic carbocycles. The number of anilines is 1. The summed E-state index contributed by atoms with van der Waals surface area (Å²) >= 11 is 0. The molecule has 3 aliphatic rings. The first kappa shape index (κ1) is 17.3. The lowest BCUT2D eigenvalue weighted by molar-refractivity contribution is -0.124. The van der Waals surface area contributed by atoms with Gasteiger partial charge in [-0.25, -0.2) is 13.8 Å². The fourth-order valence-electron chi connectivity index (χ4n) is 4.07. The van der Waals surface area contributed by atoms with Gasteiger partial charge in [0.05, 0.1) is 29.5 Å². The van der Waals surface area contributed by atoms with Gasteiger partial charge < -0.3 is 15.0 Å². The van der Waals surface area contributed by atoms with Crippen LogP contribution in [0, 0.1) is 11.6 Å². The normalized spacial score (nSPS) is 20.6. The Bertz CT molecular complexity index is 940. The number of fused-ring (bicyclic) bond motifs is 2. The Morgan fingerprint density at radius 1 is 1.21 bits per heavy atom. The van der Waals surface area contributed by atoms with Crippen LogP contribution in [0.2, 0.25) is 0 Å². The molecule has 0 bridgehead atoms. The van der Waals surface area contributed by atoms with Gasteiger partial charge in [0.2, 0.25) is 5.91 Å². The third-order valence-electron chi connectivity index (χ3n) is 5.84. The fraction of sp³-hybridized carbons (Fsp3) is 0.450. The average molecular weight is 386 g/mol. The maximum Gasteiger partial charge on any atom is 0.232 e. The van der Waals surface area contributed by atoms with E-state index in [4.69, 9.17) is 9.72 Å². The molecule has 8 heteroatoms. The SMILES string of the molecule is O=C1NCc2nc(N3CCC(Oc4ccc(F)cc4F)CC3)cnc2C12CC2. The van der Waals surface area contributed by atoms with Crippen molar-refractivity contribution in [1.29, 1.82) is 0 Å². The fourth-order valence-corrected chi connectivity index (χ4v) is 4.07. The van der Waals surface area contributed by atoms with Gasteiger partial charge in [-0.2, -0.15) is 0 Å². The van der Waals surface area contributed by atoms with E-state index in [1.807, 2.05) is 0 Å². The van der Waals surface area contributed by atoms with Crippen molar-refractivity contribution in [1.82, 2.24) is 15.3 Å². The Hall–Kier alpha value is -2.77. The van der Waals surface area contributed by atoms with Gasteiger partial charge in [-0.15, -0.1) is 0 Å². The zero-order chi connectivity index (χ0) is 19.3. The number of rotatable bonds is 3. The minimum absolute atomic E-state index is 0.0630. The molecule has 2 fully saturated rings. The van der Waals surface area contributed by atoms with Crippen LogP contribution in [0.1, 0.15) is 37.1 Å². The van der Waals surface area contributed by atoms with E-state index in [0.717, 1.165) is 36.1 Å². The third-order valence-corrected chi connectivity index (χ3v) is 5.84. The predicted octanol–water partition coefficient (Wildman–Crippen LogP) is 2.46. The highest BCUT2D eigenvalue weighted by molar-refractivity contribution is 5.92. The number of carbonyl (C=O) groups is 1. The number of ether oxygens (including phenoxy) is 1. The molecular formula is C20H20F2N4O2. The van der Waals surface area contributed by atoms with Crippen LogP contribution in [0.4, 0.5) is 14.6 Å². The van der Waals surface area contributed by atoms with Crippen molar-refractivity contribution in [2.24, 2.45) is 0 Å². The Balaban J connectivity index is 1.25. The first-order valence-electron chi connectivity index (χ1n) is 9.56. The van der Waals surface area contributed by atoms with Gasteiger partial charge >= 0.3 is 0 Å². The van der Waals surface area contributed by atoms with E-state index in [-0.39, 0.29) is 17.8 Å². The maximum absolute atomic E-state index is 13.8. The average Bonchev–Trinajstić information content (AvgIpc) is 3.49. The molecule has 1 saturated carbocycles. The van der Waals surface area contributed by atoms with Crippen molar-refractivity contribution in [3.05, 3.63) is 47.4 Å². The minimum Gasteiger partial charge on any atom is -0.487 e. The molecular weight excluding hydrogens is 366 g/mol. The lowest BCUT2D eigenvalue weighted by Gasteiger charge is -2.33. The summed E-state index contributed by atoms with van der Waals surface area (Å²) in [7, 11) is 0. The molecule has 1 aromatic carbocycles. The summed E-state index contributed by atoms with van der Waals surface area (Å²) in [6, 6.07) is 3.36. The topological polar surface area (TPSA) is 67.4 Å². The summed E-state index contributed by atoms with van der Waals surface area (Å²) in [4.78, 5) is 23.6. The molecule has 3 heterocycles. The van der Waals surface area contributed by atoms with E-state index in [2.05, 4.69) is 15.2 Å². The second-order valence-corrected chi connectivity index (χ2v) is 7.67. The molecule has 2 aliphatic heterocycles. The van der Waals surface area contributed by atoms with E-state index in [0.29, 0.717) is 32.5 Å². The standard InChI is InChI=1S/C20H20F2N4O2/c21-12-1-2-16(14(22)9-12)28-13-3-7-26(8-4-13)17-11-23-18-15(25-17)10-24-19(27)20(18)5-6-20/h1-2,9,11,13H,3-8,10H2,(H,24,27). The number of carbonyl (C=O) groups excluding carboxylic acids is 1. The summed E-state index contributed by atoms with van der Waals surface area (Å²) < 4.78 is 32.5. The highest BCUT2D eigenvalue weighted by Crippen LogP contribution is 2.50. The molecule has 6 nitrogen and oxygen atoms in total. The maximum atomic E-state index is 13.8. The number of hydrogen-bond acceptors (Lipinski definition) is 5. The first-order chi connectivity index (χ1) is 13.5. The summed E-state index contributed by atoms with van der Waals surface area (Å²) in [6.07, 6.45) is 4.70. The van der Waals surface area contributed by atoms with Crippen molar-refractivity contribution in [3.8, 4) is 5.75 Å². The number of nitrogens with zero attached hydrogens (tertiary/aromatic N) is 3. The Kier molecular flexibility index (Phi) is 3.96. The van der Waals surface area contributed by atoms with Gasteiger partial charge in [-0.05, 0) is 25.0 Å². The summed E-state index contributed by atoms with van der Waals surface area (Å²) in [5.74, 6) is -0.363. The molecule has 1 spiro atoms. The second-order valence-electron chi connectivity index (χ2n) is 7.67. The van der Waals surface area contributed by atoms with Crippen LogP contribution in [0.15, 0.2) is 24.4 Å². The Morgan fingerprint density at radius 3 is 2.71 bits per heavy atom. The Morgan fingerprint density at radius 2 is 2.00 bits per heavy atom. The number of benzene rings is 1. The monoisotopic (exact) mass is 386 g/mol. The van der Waals surface area contributed by atoms with E-state index in [1.165, 1.54) is 12.1 Å². The zero-order valence-electron chi connectivity index (χ0n) is 15.3. The molecule has 0 radical (unpaired) electrons. The lowest BCUT2D eigenvalue weighted by Crippen LogP contribution is -2.42. The van der Waals surface area contributed by atoms with Crippen LogP contribution in [0.25, 0.3) is 0 Å².